The van der Waals surface area contributed by atoms with Crippen LogP contribution in [0.4, 0.5) is 13.2 Å². The molecule has 0 aliphatic carbocycles. The Morgan fingerprint density at radius 2 is 2.06 bits per heavy atom. The first kappa shape index (κ1) is 15.1. The number of ether oxygens (including phenoxy) is 1. The van der Waals surface area contributed by atoms with Crippen LogP contribution in [0.25, 0.3) is 0 Å². The fraction of sp³-hybridized carbons (Fsp3) is 0.455. The van der Waals surface area contributed by atoms with Gasteiger partial charge in [-0.15, -0.1) is 0 Å². The number of aliphatic hydroxyl groups excluding tert-OH is 1. The van der Waals surface area contributed by atoms with Gasteiger partial charge in [-0.05, 0) is 18.2 Å². The Bertz CT molecular complexity index is 412. The van der Waals surface area contributed by atoms with Gasteiger partial charge in [0.2, 0.25) is 0 Å². The number of hydrogen-bond donors (Lipinski definition) is 2. The van der Waals surface area contributed by atoms with Crippen LogP contribution in [-0.4, -0.2) is 31.0 Å². The largest absolute Gasteiger partial charge is 0.496 e. The fourth-order valence-electron chi connectivity index (χ4n) is 1.65. The van der Waals surface area contributed by atoms with E-state index in [9.17, 15) is 18.3 Å². The molecule has 7 heteroatoms. The Morgan fingerprint density at radius 3 is 2.50 bits per heavy atom. The van der Waals surface area contributed by atoms with Gasteiger partial charge in [-0.2, -0.15) is 13.2 Å². The van der Waals surface area contributed by atoms with Crippen molar-refractivity contribution in [3.8, 4) is 5.75 Å². The molecule has 1 aromatic rings. The summed E-state index contributed by atoms with van der Waals surface area (Å²) >= 11 is 5.73. The number of alkyl halides is 3. The Kier molecular flexibility index (Phi) is 4.84. The van der Waals surface area contributed by atoms with Gasteiger partial charge in [0.25, 0.3) is 0 Å². The van der Waals surface area contributed by atoms with E-state index in [4.69, 9.17) is 22.1 Å². The van der Waals surface area contributed by atoms with Gasteiger partial charge < -0.3 is 15.6 Å². The predicted molar refractivity (Wildman–Crippen MR) is 61.9 cm³/mol. The molecule has 3 N–H and O–H groups in total. The van der Waals surface area contributed by atoms with Crippen LogP contribution in [-0.2, 0) is 0 Å². The molecule has 0 radical (unpaired) electrons. The molecule has 0 aliphatic heterocycles. The first-order chi connectivity index (χ1) is 8.31. The lowest BCUT2D eigenvalue weighted by Crippen LogP contribution is -2.38. The van der Waals surface area contributed by atoms with E-state index in [1.807, 2.05) is 0 Å². The lowest BCUT2D eigenvalue weighted by Gasteiger charge is -2.25. The lowest BCUT2D eigenvalue weighted by molar-refractivity contribution is -0.210. The van der Waals surface area contributed by atoms with E-state index in [-0.39, 0.29) is 22.9 Å². The van der Waals surface area contributed by atoms with Gasteiger partial charge in [-0.3, -0.25) is 0 Å². The van der Waals surface area contributed by atoms with Crippen molar-refractivity contribution in [2.24, 2.45) is 5.73 Å². The molecule has 18 heavy (non-hydrogen) atoms. The van der Waals surface area contributed by atoms with Crippen LogP contribution in [0.5, 0.6) is 5.75 Å². The third-order valence-corrected chi connectivity index (χ3v) is 2.80. The van der Waals surface area contributed by atoms with Gasteiger partial charge in [0.15, 0.2) is 6.10 Å². The van der Waals surface area contributed by atoms with Crippen molar-refractivity contribution in [3.05, 3.63) is 28.8 Å². The predicted octanol–water partition coefficient (Wildman–Crippen LogP) is 2.31. The van der Waals surface area contributed by atoms with Crippen molar-refractivity contribution < 1.29 is 23.0 Å². The quantitative estimate of drug-likeness (QED) is 0.891. The molecule has 1 rings (SSSR count). The molecular weight excluding hydrogens is 271 g/mol. The summed E-state index contributed by atoms with van der Waals surface area (Å²) in [6.07, 6.45) is -7.31. The van der Waals surface area contributed by atoms with Crippen LogP contribution in [0, 0.1) is 0 Å². The highest BCUT2D eigenvalue weighted by Gasteiger charge is 2.44. The number of nitrogens with two attached hydrogens (primary N) is 1. The van der Waals surface area contributed by atoms with Crippen molar-refractivity contribution in [1.29, 1.82) is 0 Å². The Labute approximate surface area is 107 Å². The average molecular weight is 284 g/mol. The number of benzene rings is 1. The van der Waals surface area contributed by atoms with Crippen LogP contribution in [0.3, 0.4) is 0 Å². The van der Waals surface area contributed by atoms with E-state index in [1.165, 1.54) is 25.3 Å². The summed E-state index contributed by atoms with van der Waals surface area (Å²) in [5.74, 6) is -1.11. The molecule has 0 aromatic heterocycles. The average Bonchev–Trinajstić information content (AvgIpc) is 2.29. The van der Waals surface area contributed by atoms with Crippen LogP contribution in [0.1, 0.15) is 11.5 Å². The topological polar surface area (TPSA) is 55.5 Å². The van der Waals surface area contributed by atoms with E-state index >= 15 is 0 Å². The maximum Gasteiger partial charge on any atom is 0.414 e. The maximum atomic E-state index is 12.5. The van der Waals surface area contributed by atoms with E-state index in [0.29, 0.717) is 0 Å². The second kappa shape index (κ2) is 5.77. The number of methoxy groups -OCH3 is 1. The standard InChI is InChI=1S/C11H13ClF3NO2/c1-18-9-3-2-6(12)4-7(9)8(5-16)10(17)11(13,14)15/h2-4,8,10,17H,5,16H2,1H3. The minimum Gasteiger partial charge on any atom is -0.496 e. The number of rotatable bonds is 4. The summed E-state index contributed by atoms with van der Waals surface area (Å²) in [5, 5.41) is 9.55. The van der Waals surface area contributed by atoms with Gasteiger partial charge >= 0.3 is 6.18 Å². The first-order valence-electron chi connectivity index (χ1n) is 5.09. The molecule has 1 aromatic carbocycles. The summed E-state index contributed by atoms with van der Waals surface area (Å²) in [7, 11) is 1.32. The lowest BCUT2D eigenvalue weighted by atomic mass is 9.92. The smallest absolute Gasteiger partial charge is 0.414 e. The molecule has 102 valence electrons. The monoisotopic (exact) mass is 283 g/mol. The minimum absolute atomic E-state index is 0.136. The van der Waals surface area contributed by atoms with Crippen molar-refractivity contribution >= 4 is 11.6 Å². The normalized spacial score (nSPS) is 15.3. The Hall–Kier alpha value is -0.980. The summed E-state index contributed by atoms with van der Waals surface area (Å²) in [6.45, 7) is -0.378. The highest BCUT2D eigenvalue weighted by atomic mass is 35.5. The summed E-state index contributed by atoms with van der Waals surface area (Å²) in [4.78, 5) is 0. The third kappa shape index (κ3) is 3.28. The molecule has 0 spiro atoms. The van der Waals surface area contributed by atoms with Crippen molar-refractivity contribution in [3.63, 3.8) is 0 Å². The molecular formula is C11H13ClF3NO2. The molecule has 2 unspecified atom stereocenters. The van der Waals surface area contributed by atoms with Gasteiger partial charge in [0.1, 0.15) is 5.75 Å². The highest BCUT2D eigenvalue weighted by molar-refractivity contribution is 6.30. The van der Waals surface area contributed by atoms with Crippen LogP contribution >= 0.6 is 11.6 Å². The molecule has 0 aliphatic rings. The number of halogens is 4. The number of hydrogen-bond acceptors (Lipinski definition) is 3. The Morgan fingerprint density at radius 1 is 1.44 bits per heavy atom. The van der Waals surface area contributed by atoms with E-state index < -0.39 is 18.2 Å². The first-order valence-corrected chi connectivity index (χ1v) is 5.47. The second-order valence-electron chi connectivity index (χ2n) is 3.71. The van der Waals surface area contributed by atoms with Gasteiger partial charge in [-0.25, -0.2) is 0 Å². The van der Waals surface area contributed by atoms with E-state index in [2.05, 4.69) is 0 Å². The number of aliphatic hydroxyl groups is 1. The van der Waals surface area contributed by atoms with Crippen LogP contribution in [0.15, 0.2) is 18.2 Å². The molecule has 0 saturated heterocycles. The van der Waals surface area contributed by atoms with Crippen LogP contribution in [0.2, 0.25) is 5.02 Å². The van der Waals surface area contributed by atoms with Gasteiger partial charge in [-0.1, -0.05) is 11.6 Å². The van der Waals surface area contributed by atoms with Crippen molar-refractivity contribution in [1.82, 2.24) is 0 Å². The zero-order valence-electron chi connectivity index (χ0n) is 9.54. The highest BCUT2D eigenvalue weighted by Crippen LogP contribution is 2.36. The third-order valence-electron chi connectivity index (χ3n) is 2.56. The van der Waals surface area contributed by atoms with Crippen LogP contribution < -0.4 is 10.5 Å². The zero-order valence-corrected chi connectivity index (χ0v) is 10.3. The van der Waals surface area contributed by atoms with Gasteiger partial charge in [0, 0.05) is 23.0 Å². The summed E-state index contributed by atoms with van der Waals surface area (Å²) in [5.41, 5.74) is 5.45. The molecule has 0 fully saturated rings. The molecule has 2 atom stereocenters. The van der Waals surface area contributed by atoms with Crippen molar-refractivity contribution in [2.45, 2.75) is 18.2 Å². The Balaban J connectivity index is 3.20. The van der Waals surface area contributed by atoms with Gasteiger partial charge in [0.05, 0.1) is 7.11 Å². The second-order valence-corrected chi connectivity index (χ2v) is 4.15. The van der Waals surface area contributed by atoms with Crippen molar-refractivity contribution in [2.75, 3.05) is 13.7 Å². The molecule has 0 bridgehead atoms. The minimum atomic E-state index is -4.75. The van der Waals surface area contributed by atoms with E-state index in [0.717, 1.165) is 0 Å². The molecule has 0 heterocycles. The molecule has 0 amide bonds. The fourth-order valence-corrected chi connectivity index (χ4v) is 1.83. The summed E-state index contributed by atoms with van der Waals surface area (Å²) in [6, 6.07) is 4.23. The van der Waals surface area contributed by atoms with E-state index in [1.54, 1.807) is 0 Å². The summed E-state index contributed by atoms with van der Waals surface area (Å²) < 4.78 is 42.5. The molecule has 0 saturated carbocycles. The zero-order chi connectivity index (χ0) is 13.9. The SMILES string of the molecule is COc1ccc(Cl)cc1C(CN)C(O)C(F)(F)F. The maximum absolute atomic E-state index is 12.5. The molecule has 3 nitrogen and oxygen atoms in total.